The molecule has 0 rings (SSSR count). The quantitative estimate of drug-likeness (QED) is 0.0835. The monoisotopic (exact) mass is 412 g/mol. The minimum absolute atomic E-state index is 0.0625. The van der Waals surface area contributed by atoms with Gasteiger partial charge in [-0.3, -0.25) is 4.79 Å². The van der Waals surface area contributed by atoms with E-state index in [2.05, 4.69) is 31.7 Å². The first-order valence-corrected chi connectivity index (χ1v) is 12.9. The fraction of sp³-hybridized carbons (Fsp3) is 0.880. The Morgan fingerprint density at radius 3 is 1.57 bits per heavy atom. The van der Waals surface area contributed by atoms with E-state index in [1.165, 1.54) is 103 Å². The predicted octanol–water partition coefficient (Wildman–Crippen LogP) is 8.45. The van der Waals surface area contributed by atoms with Crippen LogP contribution in [0.25, 0.3) is 0 Å². The molecule has 0 aromatic rings. The zero-order valence-corrected chi connectivity index (χ0v) is 19.7. The van der Waals surface area contributed by atoms with Gasteiger partial charge < -0.3 is 4.74 Å². The van der Waals surface area contributed by atoms with Gasteiger partial charge in [-0.15, -0.1) is 0 Å². The van der Waals surface area contributed by atoms with E-state index in [1.807, 2.05) is 0 Å². The van der Waals surface area contributed by atoms with Gasteiger partial charge in [0.25, 0.3) is 0 Å². The Bertz CT molecular complexity index is 341. The Balaban J connectivity index is 3.10. The third-order valence-electron chi connectivity index (χ3n) is 5.25. The summed E-state index contributed by atoms with van der Waals surface area (Å²) in [4.78, 5) is 11.3. The SMILES string of the molecule is CCCCCC/C=C/CCCCCCCCCCCCCCC(=O)OCCS. The van der Waals surface area contributed by atoms with E-state index < -0.39 is 0 Å². The maximum Gasteiger partial charge on any atom is 0.305 e. The lowest BCUT2D eigenvalue weighted by Crippen LogP contribution is -2.06. The third kappa shape index (κ3) is 23.6. The molecule has 0 amide bonds. The van der Waals surface area contributed by atoms with Crippen LogP contribution in [-0.2, 0) is 9.53 Å². The molecule has 0 fully saturated rings. The van der Waals surface area contributed by atoms with E-state index in [0.29, 0.717) is 18.8 Å². The minimum atomic E-state index is -0.0625. The smallest absolute Gasteiger partial charge is 0.305 e. The number of carbonyl (C=O) groups excluding carboxylic acids is 1. The van der Waals surface area contributed by atoms with Crippen LogP contribution in [0.4, 0.5) is 0 Å². The molecule has 28 heavy (non-hydrogen) atoms. The fourth-order valence-electron chi connectivity index (χ4n) is 3.46. The summed E-state index contributed by atoms with van der Waals surface area (Å²) in [5, 5.41) is 0. The van der Waals surface area contributed by atoms with Gasteiger partial charge in [0, 0.05) is 12.2 Å². The lowest BCUT2D eigenvalue weighted by atomic mass is 10.0. The van der Waals surface area contributed by atoms with Crippen molar-refractivity contribution in [1.82, 2.24) is 0 Å². The molecule has 0 aromatic carbocycles. The van der Waals surface area contributed by atoms with E-state index >= 15 is 0 Å². The summed E-state index contributed by atoms with van der Waals surface area (Å²) in [7, 11) is 0. The molecule has 0 aliphatic carbocycles. The van der Waals surface area contributed by atoms with E-state index in [4.69, 9.17) is 4.74 Å². The molecular weight excluding hydrogens is 364 g/mol. The molecule has 0 atom stereocenters. The Hall–Kier alpha value is -0.440. The Labute approximate surface area is 181 Å². The standard InChI is InChI=1S/C25H48O2S/c1-2-3-4-5-6-7-8-9-10-11-12-13-14-15-16-17-18-19-20-21-22-25(26)27-23-24-28/h7-8,28H,2-6,9-24H2,1H3/b8-7+. The Morgan fingerprint density at radius 1 is 0.679 bits per heavy atom. The zero-order valence-electron chi connectivity index (χ0n) is 18.8. The van der Waals surface area contributed by atoms with Gasteiger partial charge in [0.05, 0.1) is 0 Å². The lowest BCUT2D eigenvalue weighted by Gasteiger charge is -2.04. The molecule has 0 aromatic heterocycles. The highest BCUT2D eigenvalue weighted by Gasteiger charge is 2.01. The van der Waals surface area contributed by atoms with Crippen molar-refractivity contribution in [3.63, 3.8) is 0 Å². The van der Waals surface area contributed by atoms with Crippen molar-refractivity contribution in [2.24, 2.45) is 0 Å². The molecule has 166 valence electrons. The van der Waals surface area contributed by atoms with Gasteiger partial charge in [-0.1, -0.05) is 103 Å². The molecular formula is C25H48O2S. The molecule has 0 unspecified atom stereocenters. The minimum Gasteiger partial charge on any atom is -0.465 e. The van der Waals surface area contributed by atoms with E-state index in [0.717, 1.165) is 12.8 Å². The van der Waals surface area contributed by atoms with Crippen LogP contribution in [0.5, 0.6) is 0 Å². The molecule has 0 spiro atoms. The second-order valence-corrected chi connectivity index (χ2v) is 8.49. The second-order valence-electron chi connectivity index (χ2n) is 8.05. The van der Waals surface area contributed by atoms with Crippen molar-refractivity contribution in [2.45, 2.75) is 129 Å². The average molecular weight is 413 g/mol. The largest absolute Gasteiger partial charge is 0.465 e. The van der Waals surface area contributed by atoms with Gasteiger partial charge in [0.2, 0.25) is 0 Å². The summed E-state index contributed by atoms with van der Waals surface area (Å²) in [5.74, 6) is 0.551. The van der Waals surface area contributed by atoms with Gasteiger partial charge in [-0.25, -0.2) is 0 Å². The van der Waals surface area contributed by atoms with Crippen molar-refractivity contribution >= 4 is 18.6 Å². The van der Waals surface area contributed by atoms with Gasteiger partial charge >= 0.3 is 5.97 Å². The molecule has 0 aliphatic rings. The Morgan fingerprint density at radius 2 is 1.11 bits per heavy atom. The highest BCUT2D eigenvalue weighted by atomic mass is 32.1. The average Bonchev–Trinajstić information content (AvgIpc) is 2.70. The summed E-state index contributed by atoms with van der Waals surface area (Å²) in [6, 6.07) is 0. The Kier molecular flexibility index (Phi) is 24.2. The number of thiol groups is 1. The van der Waals surface area contributed by atoms with Crippen LogP contribution < -0.4 is 0 Å². The van der Waals surface area contributed by atoms with Crippen molar-refractivity contribution in [2.75, 3.05) is 12.4 Å². The predicted molar refractivity (Wildman–Crippen MR) is 127 cm³/mol. The summed E-state index contributed by atoms with van der Waals surface area (Å²) in [6.07, 6.45) is 29.2. The van der Waals surface area contributed by atoms with Crippen LogP contribution >= 0.6 is 12.6 Å². The number of unbranched alkanes of at least 4 members (excludes halogenated alkanes) is 16. The zero-order chi connectivity index (χ0) is 20.5. The number of carbonyl (C=O) groups is 1. The number of hydrogen-bond acceptors (Lipinski definition) is 3. The maximum absolute atomic E-state index is 11.3. The highest BCUT2D eigenvalue weighted by Crippen LogP contribution is 2.13. The summed E-state index contributed by atoms with van der Waals surface area (Å²) in [5.41, 5.74) is 0. The first kappa shape index (κ1) is 27.6. The number of rotatable bonds is 22. The maximum atomic E-state index is 11.3. The summed E-state index contributed by atoms with van der Waals surface area (Å²) in [6.45, 7) is 2.71. The van der Waals surface area contributed by atoms with Gasteiger partial charge in [0.15, 0.2) is 0 Å². The van der Waals surface area contributed by atoms with E-state index in [1.54, 1.807) is 0 Å². The molecule has 0 radical (unpaired) electrons. The van der Waals surface area contributed by atoms with Gasteiger partial charge in [-0.05, 0) is 32.1 Å². The van der Waals surface area contributed by atoms with E-state index in [9.17, 15) is 4.79 Å². The summed E-state index contributed by atoms with van der Waals surface area (Å²) >= 11 is 4.03. The molecule has 0 heterocycles. The van der Waals surface area contributed by atoms with Crippen molar-refractivity contribution in [3.8, 4) is 0 Å². The van der Waals surface area contributed by atoms with E-state index in [-0.39, 0.29) is 5.97 Å². The van der Waals surface area contributed by atoms with Crippen LogP contribution in [0.3, 0.4) is 0 Å². The third-order valence-corrected chi connectivity index (χ3v) is 5.43. The van der Waals surface area contributed by atoms with Crippen molar-refractivity contribution in [3.05, 3.63) is 12.2 Å². The molecule has 0 bridgehead atoms. The van der Waals surface area contributed by atoms with Gasteiger partial charge in [0.1, 0.15) is 6.61 Å². The van der Waals surface area contributed by atoms with Crippen molar-refractivity contribution in [1.29, 1.82) is 0 Å². The van der Waals surface area contributed by atoms with Gasteiger partial charge in [-0.2, -0.15) is 12.6 Å². The molecule has 2 nitrogen and oxygen atoms in total. The highest BCUT2D eigenvalue weighted by molar-refractivity contribution is 7.80. The molecule has 0 saturated carbocycles. The second kappa shape index (κ2) is 24.6. The van der Waals surface area contributed by atoms with Crippen LogP contribution in [-0.4, -0.2) is 18.3 Å². The fourth-order valence-corrected chi connectivity index (χ4v) is 3.55. The van der Waals surface area contributed by atoms with Crippen molar-refractivity contribution < 1.29 is 9.53 Å². The normalized spacial score (nSPS) is 11.4. The number of ether oxygens (including phenoxy) is 1. The lowest BCUT2D eigenvalue weighted by molar-refractivity contribution is -0.143. The van der Waals surface area contributed by atoms with Crippen LogP contribution in [0.2, 0.25) is 0 Å². The first-order valence-electron chi connectivity index (χ1n) is 12.2. The molecule has 0 saturated heterocycles. The molecule has 3 heteroatoms. The van der Waals surface area contributed by atoms with Crippen LogP contribution in [0, 0.1) is 0 Å². The first-order chi connectivity index (χ1) is 13.8. The van der Waals surface area contributed by atoms with Crippen LogP contribution in [0.1, 0.15) is 129 Å². The number of allylic oxidation sites excluding steroid dienone is 2. The number of esters is 1. The molecule has 0 N–H and O–H groups in total. The topological polar surface area (TPSA) is 26.3 Å². The summed E-state index contributed by atoms with van der Waals surface area (Å²) < 4.78 is 5.01. The molecule has 0 aliphatic heterocycles. The number of hydrogen-bond donors (Lipinski definition) is 1. The van der Waals surface area contributed by atoms with Crippen LogP contribution in [0.15, 0.2) is 12.2 Å².